The molecule has 3 unspecified atom stereocenters. The normalized spacial score (nSPS) is 39.4. The van der Waals surface area contributed by atoms with Crippen molar-refractivity contribution in [3.05, 3.63) is 0 Å². The van der Waals surface area contributed by atoms with Gasteiger partial charge < -0.3 is 34.5 Å². The Kier molecular flexibility index (Phi) is 6.26. The summed E-state index contributed by atoms with van der Waals surface area (Å²) < 4.78 is 62.8. The number of ether oxygens (including phenoxy) is 1. The van der Waals surface area contributed by atoms with E-state index in [-0.39, 0.29) is 0 Å². The van der Waals surface area contributed by atoms with Crippen LogP contribution in [-0.2, 0) is 31.6 Å². The number of aliphatic hydroxyl groups excluding tert-OH is 1. The highest BCUT2D eigenvalue weighted by Gasteiger charge is 2.61. The zero-order valence-corrected chi connectivity index (χ0v) is 14.8. The predicted molar refractivity (Wildman–Crippen MR) is 70.8 cm³/mol. The Balaban J connectivity index is 2.78. The highest BCUT2D eigenvalue weighted by Crippen LogP contribution is 2.66. The fourth-order valence-corrected chi connectivity index (χ4v) is 4.76. The number of halogens is 1. The first-order valence-corrected chi connectivity index (χ1v) is 10.5. The van der Waals surface area contributed by atoms with Crippen LogP contribution in [0.1, 0.15) is 13.8 Å². The number of alkyl halides is 1. The molecule has 0 aromatic carbocycles. The maximum atomic E-state index is 14.4. The van der Waals surface area contributed by atoms with Gasteiger partial charge in [0.05, 0.1) is 6.10 Å². The van der Waals surface area contributed by atoms with Crippen LogP contribution in [0.25, 0.3) is 0 Å². The molecule has 17 heteroatoms. The topological polar surface area (TPSA) is 210 Å². The molecule has 6 atom stereocenters. The number of aliphatic hydroxyl groups is 2. The molecular formula is C7H16FO13P3. The van der Waals surface area contributed by atoms with Gasteiger partial charge in [0.25, 0.3) is 5.85 Å². The van der Waals surface area contributed by atoms with Crippen LogP contribution in [0, 0.1) is 0 Å². The van der Waals surface area contributed by atoms with Gasteiger partial charge in [0.15, 0.2) is 0 Å². The second kappa shape index (κ2) is 6.75. The Bertz CT molecular complexity index is 617. The van der Waals surface area contributed by atoms with E-state index >= 15 is 0 Å². The minimum Gasteiger partial charge on any atom is -0.385 e. The largest absolute Gasteiger partial charge is 0.490 e. The molecule has 0 aliphatic carbocycles. The van der Waals surface area contributed by atoms with E-state index in [1.165, 1.54) is 6.92 Å². The molecule has 0 saturated carbocycles. The van der Waals surface area contributed by atoms with Crippen molar-refractivity contribution in [3.63, 3.8) is 0 Å². The Morgan fingerprint density at radius 2 is 1.62 bits per heavy atom. The molecular weight excluding hydrogens is 404 g/mol. The fraction of sp³-hybridized carbons (Fsp3) is 1.00. The third-order valence-corrected chi connectivity index (χ3v) is 6.78. The molecule has 1 aliphatic rings. The summed E-state index contributed by atoms with van der Waals surface area (Å²) in [4.78, 5) is 34.8. The summed E-state index contributed by atoms with van der Waals surface area (Å²) in [5.41, 5.74) is -2.08. The summed E-state index contributed by atoms with van der Waals surface area (Å²) >= 11 is 0. The molecule has 6 N–H and O–H groups in total. The lowest BCUT2D eigenvalue weighted by Crippen LogP contribution is -2.49. The first-order valence-electron chi connectivity index (χ1n) is 5.96. The summed E-state index contributed by atoms with van der Waals surface area (Å²) in [5.74, 6) is -3.17. The lowest BCUT2D eigenvalue weighted by Gasteiger charge is -2.27. The van der Waals surface area contributed by atoms with Gasteiger partial charge in [-0.05, 0) is 13.8 Å². The third kappa shape index (κ3) is 5.61. The Morgan fingerprint density at radius 3 is 2.00 bits per heavy atom. The minimum atomic E-state index is -5.75. The smallest absolute Gasteiger partial charge is 0.385 e. The number of hydrogen-bond donors (Lipinski definition) is 6. The lowest BCUT2D eigenvalue weighted by atomic mass is 9.93. The van der Waals surface area contributed by atoms with Gasteiger partial charge in [-0.1, -0.05) is 0 Å². The molecule has 0 aromatic rings. The van der Waals surface area contributed by atoms with E-state index in [1.807, 2.05) is 0 Å². The van der Waals surface area contributed by atoms with Crippen LogP contribution < -0.4 is 0 Å². The van der Waals surface area contributed by atoms with Gasteiger partial charge in [0.1, 0.15) is 18.3 Å². The van der Waals surface area contributed by atoms with E-state index in [2.05, 4.69) is 17.9 Å². The van der Waals surface area contributed by atoms with Crippen molar-refractivity contribution < 1.29 is 65.8 Å². The summed E-state index contributed by atoms with van der Waals surface area (Å²) in [6.45, 7) is 0.683. The lowest BCUT2D eigenvalue weighted by molar-refractivity contribution is -0.192. The molecule has 144 valence electrons. The predicted octanol–water partition coefficient (Wildman–Crippen LogP) is -0.474. The van der Waals surface area contributed by atoms with Gasteiger partial charge in [0, 0.05) is 0 Å². The number of hydrogen-bond acceptors (Lipinski definition) is 9. The van der Waals surface area contributed by atoms with Crippen LogP contribution in [0.2, 0.25) is 0 Å². The van der Waals surface area contributed by atoms with Crippen LogP contribution in [0.15, 0.2) is 0 Å². The summed E-state index contributed by atoms with van der Waals surface area (Å²) in [5, 5.41) is 19.4. The van der Waals surface area contributed by atoms with Crippen molar-refractivity contribution in [1.29, 1.82) is 0 Å². The molecule has 0 spiro atoms. The minimum absolute atomic E-state index is 1.02. The van der Waals surface area contributed by atoms with Gasteiger partial charge >= 0.3 is 23.5 Å². The molecule has 1 aliphatic heterocycles. The van der Waals surface area contributed by atoms with Crippen LogP contribution in [0.5, 0.6) is 0 Å². The van der Waals surface area contributed by atoms with Crippen LogP contribution in [0.4, 0.5) is 4.39 Å². The van der Waals surface area contributed by atoms with E-state index < -0.39 is 53.7 Å². The average Bonchev–Trinajstić information content (AvgIpc) is 2.44. The Labute approximate surface area is 134 Å². The molecule has 1 heterocycles. The fourth-order valence-electron chi connectivity index (χ4n) is 1.72. The van der Waals surface area contributed by atoms with Gasteiger partial charge in [-0.15, -0.1) is 0 Å². The van der Waals surface area contributed by atoms with E-state index in [4.69, 9.17) is 14.7 Å². The first-order chi connectivity index (χ1) is 10.4. The zero-order chi connectivity index (χ0) is 19.2. The zero-order valence-electron chi connectivity index (χ0n) is 12.1. The van der Waals surface area contributed by atoms with Crippen molar-refractivity contribution in [1.82, 2.24) is 0 Å². The van der Waals surface area contributed by atoms with Crippen LogP contribution in [0.3, 0.4) is 0 Å². The van der Waals surface area contributed by atoms with Crippen LogP contribution >= 0.6 is 23.5 Å². The molecule has 1 saturated heterocycles. The second-order valence-corrected chi connectivity index (χ2v) is 9.46. The highest BCUT2D eigenvalue weighted by molar-refractivity contribution is 7.66. The molecule has 0 aromatic heterocycles. The summed E-state index contributed by atoms with van der Waals surface area (Å²) in [6, 6.07) is 0. The van der Waals surface area contributed by atoms with E-state index in [0.29, 0.717) is 0 Å². The summed E-state index contributed by atoms with van der Waals surface area (Å²) in [6.07, 6.45) is -3.46. The van der Waals surface area contributed by atoms with E-state index in [0.717, 1.165) is 6.92 Å². The Morgan fingerprint density at radius 1 is 1.12 bits per heavy atom. The van der Waals surface area contributed by atoms with E-state index in [1.54, 1.807) is 0 Å². The average molecular weight is 420 g/mol. The molecule has 0 amide bonds. The standard InChI is InChI=1S/C7H16FO13P3/c1-4-6(2,10)5(9)7(8,19-4)3-18-23(14,15)21-24(16,17)20-22(11,12)13/h4-5,9-10H,3H2,1-2H3,(H,14,15)(H,16,17)(H2,11,12,13)/t4?,5-,6-,7+/m0/s1. The number of phosphoric ester groups is 1. The van der Waals surface area contributed by atoms with Gasteiger partial charge in [-0.25, -0.2) is 18.1 Å². The Hall–Kier alpha value is 0.220. The van der Waals surface area contributed by atoms with Crippen molar-refractivity contribution in [3.8, 4) is 0 Å². The number of phosphoric acid groups is 3. The van der Waals surface area contributed by atoms with E-state index in [9.17, 15) is 33.2 Å². The van der Waals surface area contributed by atoms with Crippen molar-refractivity contribution in [2.45, 2.75) is 37.5 Å². The number of rotatable bonds is 7. The maximum Gasteiger partial charge on any atom is 0.490 e. The summed E-state index contributed by atoms with van der Waals surface area (Å²) in [7, 11) is -16.9. The first kappa shape index (κ1) is 22.3. The monoisotopic (exact) mass is 420 g/mol. The second-order valence-electron chi connectivity index (χ2n) is 5.04. The highest BCUT2D eigenvalue weighted by atomic mass is 31.3. The SMILES string of the molecule is CC1O[C@](F)(COP(=O)(O)OP(=O)(O)OP(=O)(O)O)[C@@H](O)[C@@]1(C)O. The molecule has 0 radical (unpaired) electrons. The van der Waals surface area contributed by atoms with Gasteiger partial charge in [-0.3, -0.25) is 4.52 Å². The van der Waals surface area contributed by atoms with Crippen molar-refractivity contribution in [2.24, 2.45) is 0 Å². The van der Waals surface area contributed by atoms with Crippen molar-refractivity contribution in [2.75, 3.05) is 6.61 Å². The quantitative estimate of drug-likeness (QED) is 0.288. The van der Waals surface area contributed by atoms with Gasteiger partial charge in [0.2, 0.25) is 0 Å². The third-order valence-electron chi connectivity index (χ3n) is 3.00. The molecule has 1 fully saturated rings. The molecule has 13 nitrogen and oxygen atoms in total. The molecule has 1 rings (SSSR count). The maximum absolute atomic E-state index is 14.4. The van der Waals surface area contributed by atoms with Crippen LogP contribution in [-0.4, -0.2) is 60.1 Å². The molecule has 0 bridgehead atoms. The van der Waals surface area contributed by atoms with Crippen molar-refractivity contribution >= 4 is 23.5 Å². The van der Waals surface area contributed by atoms with Gasteiger partial charge in [-0.2, -0.15) is 8.62 Å². The molecule has 24 heavy (non-hydrogen) atoms.